The molecule has 1 saturated carbocycles. The van der Waals surface area contributed by atoms with Crippen LogP contribution >= 0.6 is 0 Å². The second-order valence-electron chi connectivity index (χ2n) is 7.37. The van der Waals surface area contributed by atoms with Crippen molar-refractivity contribution in [3.63, 3.8) is 0 Å². The van der Waals surface area contributed by atoms with E-state index in [2.05, 4.69) is 0 Å². The predicted octanol–water partition coefficient (Wildman–Crippen LogP) is 2.60. The highest BCUT2D eigenvalue weighted by Gasteiger charge is 2.45. The Hall–Kier alpha value is -2.24. The van der Waals surface area contributed by atoms with Crippen LogP contribution in [0.15, 0.2) is 18.2 Å². The van der Waals surface area contributed by atoms with Crippen molar-refractivity contribution >= 4 is 11.8 Å². The largest absolute Gasteiger partial charge is 0.486 e. The van der Waals surface area contributed by atoms with E-state index in [1.54, 1.807) is 16.8 Å². The van der Waals surface area contributed by atoms with E-state index in [1.807, 2.05) is 32.0 Å². The molecule has 2 aliphatic rings. The van der Waals surface area contributed by atoms with Crippen LogP contribution in [0.3, 0.4) is 0 Å². The quantitative estimate of drug-likeness (QED) is 0.768. The number of rotatable bonds is 6. The molecular formula is C21H30N2O4. The number of carbonyl (C=O) groups is 2. The summed E-state index contributed by atoms with van der Waals surface area (Å²) in [4.78, 5) is 29.3. The van der Waals surface area contributed by atoms with E-state index in [4.69, 9.17) is 9.47 Å². The lowest BCUT2D eigenvalue weighted by Gasteiger charge is -2.34. The van der Waals surface area contributed by atoms with Gasteiger partial charge in [-0.3, -0.25) is 9.59 Å². The van der Waals surface area contributed by atoms with Crippen molar-refractivity contribution < 1.29 is 19.1 Å². The Bertz CT molecular complexity index is 693. The van der Waals surface area contributed by atoms with Gasteiger partial charge in [0.05, 0.1) is 12.0 Å². The molecule has 1 aliphatic carbocycles. The molecule has 1 aromatic carbocycles. The molecule has 1 aromatic rings. The number of amides is 2. The fraction of sp³-hybridized carbons (Fsp3) is 0.619. The summed E-state index contributed by atoms with van der Waals surface area (Å²) in [6, 6.07) is 5.84. The normalized spacial score (nSPS) is 17.4. The zero-order chi connectivity index (χ0) is 19.4. The van der Waals surface area contributed by atoms with Crippen LogP contribution in [0.25, 0.3) is 0 Å². The Labute approximate surface area is 161 Å². The lowest BCUT2D eigenvalue weighted by atomic mass is 9.77. The van der Waals surface area contributed by atoms with Gasteiger partial charge in [0.2, 0.25) is 11.8 Å². The van der Waals surface area contributed by atoms with Crippen molar-refractivity contribution in [3.05, 3.63) is 23.8 Å². The maximum atomic E-state index is 13.5. The average Bonchev–Trinajstić information content (AvgIpc) is 3.19. The van der Waals surface area contributed by atoms with Crippen molar-refractivity contribution in [3.8, 4) is 11.5 Å². The average molecular weight is 374 g/mol. The van der Waals surface area contributed by atoms with Gasteiger partial charge < -0.3 is 19.3 Å². The van der Waals surface area contributed by atoms with E-state index in [1.165, 1.54) is 0 Å². The van der Waals surface area contributed by atoms with Gasteiger partial charge in [0.15, 0.2) is 11.5 Å². The molecule has 0 spiro atoms. The first-order chi connectivity index (χ1) is 13.0. The molecule has 0 saturated heterocycles. The maximum Gasteiger partial charge on any atom is 0.242 e. The van der Waals surface area contributed by atoms with Gasteiger partial charge in [-0.1, -0.05) is 18.9 Å². The van der Waals surface area contributed by atoms with Gasteiger partial charge in [-0.25, -0.2) is 0 Å². The van der Waals surface area contributed by atoms with Crippen molar-refractivity contribution in [2.45, 2.75) is 44.9 Å². The Morgan fingerprint density at radius 1 is 1.04 bits per heavy atom. The molecular weight excluding hydrogens is 344 g/mol. The minimum atomic E-state index is -0.575. The molecule has 0 unspecified atom stereocenters. The Morgan fingerprint density at radius 3 is 2.30 bits per heavy atom. The summed E-state index contributed by atoms with van der Waals surface area (Å²) in [6.07, 6.45) is 3.63. The van der Waals surface area contributed by atoms with Crippen molar-refractivity contribution in [2.24, 2.45) is 0 Å². The third-order valence-corrected chi connectivity index (χ3v) is 5.80. The summed E-state index contributed by atoms with van der Waals surface area (Å²) >= 11 is 0. The van der Waals surface area contributed by atoms with Gasteiger partial charge in [-0.2, -0.15) is 0 Å². The van der Waals surface area contributed by atoms with Gasteiger partial charge in [0, 0.05) is 20.1 Å². The number of hydrogen-bond acceptors (Lipinski definition) is 4. The van der Waals surface area contributed by atoms with Crippen molar-refractivity contribution in [2.75, 3.05) is 39.9 Å². The third-order valence-electron chi connectivity index (χ3n) is 5.80. The van der Waals surface area contributed by atoms with E-state index in [-0.39, 0.29) is 18.4 Å². The van der Waals surface area contributed by atoms with Crippen LogP contribution in [0.2, 0.25) is 0 Å². The summed E-state index contributed by atoms with van der Waals surface area (Å²) in [5, 5.41) is 0. The van der Waals surface area contributed by atoms with Crippen LogP contribution in [0.1, 0.15) is 45.1 Å². The van der Waals surface area contributed by atoms with Crippen molar-refractivity contribution in [1.82, 2.24) is 9.80 Å². The highest BCUT2D eigenvalue weighted by atomic mass is 16.6. The van der Waals surface area contributed by atoms with E-state index in [9.17, 15) is 9.59 Å². The van der Waals surface area contributed by atoms with Crippen LogP contribution in [0.5, 0.6) is 11.5 Å². The number of fused-ring (bicyclic) bond motifs is 1. The van der Waals surface area contributed by atoms with Crippen molar-refractivity contribution in [1.29, 1.82) is 0 Å². The second kappa shape index (κ2) is 8.19. The monoisotopic (exact) mass is 374 g/mol. The Kier molecular flexibility index (Phi) is 5.92. The van der Waals surface area contributed by atoms with Gasteiger partial charge in [0.1, 0.15) is 13.2 Å². The summed E-state index contributed by atoms with van der Waals surface area (Å²) in [5.74, 6) is 1.46. The number of ether oxygens (including phenoxy) is 2. The maximum absolute atomic E-state index is 13.5. The molecule has 3 rings (SSSR count). The molecule has 148 valence electrons. The van der Waals surface area contributed by atoms with Gasteiger partial charge in [0.25, 0.3) is 0 Å². The fourth-order valence-electron chi connectivity index (χ4n) is 4.26. The predicted molar refractivity (Wildman–Crippen MR) is 103 cm³/mol. The summed E-state index contributed by atoms with van der Waals surface area (Å²) in [7, 11) is 1.74. The lowest BCUT2D eigenvalue weighted by Crippen LogP contribution is -2.48. The van der Waals surface area contributed by atoms with Crippen LogP contribution < -0.4 is 9.47 Å². The van der Waals surface area contributed by atoms with Crippen LogP contribution in [-0.4, -0.2) is 61.5 Å². The molecule has 1 fully saturated rings. The standard InChI is InChI=1S/C21H30N2O4/c1-4-23(5-2)19(24)15-22(3)20(25)21(10-6-7-11-21)16-8-9-17-18(14-16)27-13-12-26-17/h8-9,14H,4-7,10-13,15H2,1-3H3. The van der Waals surface area contributed by atoms with Crippen LogP contribution in [0, 0.1) is 0 Å². The Morgan fingerprint density at radius 2 is 1.67 bits per heavy atom. The smallest absolute Gasteiger partial charge is 0.242 e. The zero-order valence-corrected chi connectivity index (χ0v) is 16.6. The minimum absolute atomic E-state index is 0.00817. The van der Waals surface area contributed by atoms with Crippen LogP contribution in [-0.2, 0) is 15.0 Å². The highest BCUT2D eigenvalue weighted by molar-refractivity contribution is 5.92. The molecule has 2 amide bonds. The molecule has 0 aromatic heterocycles. The number of likely N-dealkylation sites (N-methyl/N-ethyl adjacent to an activating group) is 2. The first-order valence-corrected chi connectivity index (χ1v) is 9.95. The van der Waals surface area contributed by atoms with Gasteiger partial charge in [-0.15, -0.1) is 0 Å². The number of benzene rings is 1. The van der Waals surface area contributed by atoms with Gasteiger partial charge in [-0.05, 0) is 44.4 Å². The minimum Gasteiger partial charge on any atom is -0.486 e. The molecule has 0 bridgehead atoms. The third kappa shape index (κ3) is 3.75. The molecule has 1 aliphatic heterocycles. The molecule has 0 N–H and O–H groups in total. The number of nitrogens with zero attached hydrogens (tertiary/aromatic N) is 2. The first kappa shape index (κ1) is 19.5. The molecule has 0 atom stereocenters. The number of hydrogen-bond donors (Lipinski definition) is 0. The van der Waals surface area contributed by atoms with E-state index in [0.717, 1.165) is 37.0 Å². The molecule has 27 heavy (non-hydrogen) atoms. The molecule has 6 heteroatoms. The Balaban J connectivity index is 1.84. The summed E-state index contributed by atoms with van der Waals surface area (Å²) < 4.78 is 11.3. The fourth-order valence-corrected chi connectivity index (χ4v) is 4.26. The van der Waals surface area contributed by atoms with E-state index >= 15 is 0 Å². The molecule has 6 nitrogen and oxygen atoms in total. The number of carbonyl (C=O) groups excluding carboxylic acids is 2. The molecule has 0 radical (unpaired) electrons. The topological polar surface area (TPSA) is 59.1 Å². The second-order valence-corrected chi connectivity index (χ2v) is 7.37. The zero-order valence-electron chi connectivity index (χ0n) is 16.6. The van der Waals surface area contributed by atoms with E-state index < -0.39 is 5.41 Å². The van der Waals surface area contributed by atoms with Gasteiger partial charge >= 0.3 is 0 Å². The SMILES string of the molecule is CCN(CC)C(=O)CN(C)C(=O)C1(c2ccc3c(c2)OCCO3)CCCC1. The lowest BCUT2D eigenvalue weighted by molar-refractivity contribution is -0.142. The first-order valence-electron chi connectivity index (χ1n) is 9.95. The van der Waals surface area contributed by atoms with Crippen LogP contribution in [0.4, 0.5) is 0 Å². The summed E-state index contributed by atoms with van der Waals surface area (Å²) in [5.41, 5.74) is 0.394. The van der Waals surface area contributed by atoms with E-state index in [0.29, 0.717) is 32.1 Å². The molecule has 1 heterocycles. The highest BCUT2D eigenvalue weighted by Crippen LogP contribution is 2.45. The summed E-state index contributed by atoms with van der Waals surface area (Å²) in [6.45, 7) is 6.41.